The highest BCUT2D eigenvalue weighted by Gasteiger charge is 2.32. The third-order valence-corrected chi connectivity index (χ3v) is 7.17. The predicted octanol–water partition coefficient (Wildman–Crippen LogP) is 4.31. The molecule has 9 heteroatoms. The van der Waals surface area contributed by atoms with E-state index in [1.54, 1.807) is 18.2 Å². The van der Waals surface area contributed by atoms with E-state index >= 15 is 0 Å². The molecule has 2 aromatic carbocycles. The molecule has 1 aliphatic heterocycles. The second kappa shape index (κ2) is 8.78. The average molecular weight is 445 g/mol. The lowest BCUT2D eigenvalue weighted by molar-refractivity contribution is -0.120. The molecule has 0 saturated carbocycles. The molecule has 1 amide bonds. The number of benzene rings is 2. The van der Waals surface area contributed by atoms with Crippen LogP contribution in [-0.4, -0.2) is 31.7 Å². The maximum atomic E-state index is 13.7. The molecule has 1 aliphatic rings. The van der Waals surface area contributed by atoms with Crippen LogP contribution in [-0.2, 0) is 20.6 Å². The van der Waals surface area contributed by atoms with Crippen molar-refractivity contribution in [3.63, 3.8) is 0 Å². The summed E-state index contributed by atoms with van der Waals surface area (Å²) >= 11 is 11.8. The number of amides is 1. The van der Waals surface area contributed by atoms with Crippen molar-refractivity contribution in [1.29, 1.82) is 0 Å². The van der Waals surface area contributed by atoms with Gasteiger partial charge in [0.25, 0.3) is 0 Å². The van der Waals surface area contributed by atoms with Gasteiger partial charge in [0.2, 0.25) is 15.9 Å². The Morgan fingerprint density at radius 2 is 1.93 bits per heavy atom. The normalized spacial score (nSPS) is 18.0. The molecule has 0 bridgehead atoms. The van der Waals surface area contributed by atoms with Gasteiger partial charge in [0.15, 0.2) is 0 Å². The third kappa shape index (κ3) is 5.03. The summed E-state index contributed by atoms with van der Waals surface area (Å²) in [5.74, 6) is -1.70. The van der Waals surface area contributed by atoms with Crippen LogP contribution in [0.4, 0.5) is 10.1 Å². The predicted molar refractivity (Wildman–Crippen MR) is 108 cm³/mol. The highest BCUT2D eigenvalue weighted by atomic mass is 35.5. The number of para-hydroxylation sites is 1. The average Bonchev–Trinajstić information content (AvgIpc) is 2.66. The van der Waals surface area contributed by atoms with E-state index < -0.39 is 21.8 Å². The fraction of sp³-hybridized carbons (Fsp3) is 0.316. The Balaban J connectivity index is 1.68. The Hall–Kier alpha value is -1.67. The van der Waals surface area contributed by atoms with Gasteiger partial charge < -0.3 is 5.32 Å². The van der Waals surface area contributed by atoms with Crippen molar-refractivity contribution in [2.75, 3.05) is 18.4 Å². The zero-order valence-corrected chi connectivity index (χ0v) is 17.2. The van der Waals surface area contributed by atoms with Gasteiger partial charge in [0, 0.05) is 13.1 Å². The molecule has 0 aliphatic carbocycles. The summed E-state index contributed by atoms with van der Waals surface area (Å²) < 4.78 is 40.6. The number of carbonyl (C=O) groups is 1. The molecule has 0 radical (unpaired) electrons. The Morgan fingerprint density at radius 1 is 1.18 bits per heavy atom. The molecule has 1 N–H and O–H groups in total. The minimum absolute atomic E-state index is 0.0595. The number of rotatable bonds is 5. The standard InChI is InChI=1S/C19H19Cl2FN2O3S/c20-15-8-7-13(10-16(15)21)12-28(26,27)24-9-3-4-14(11-24)19(25)23-18-6-2-1-5-17(18)22/h1-2,5-8,10,14H,3-4,9,11-12H2,(H,23,25)/t14-/m1/s1. The van der Waals surface area contributed by atoms with Gasteiger partial charge in [-0.05, 0) is 42.7 Å². The Kier molecular flexibility index (Phi) is 6.60. The monoisotopic (exact) mass is 444 g/mol. The summed E-state index contributed by atoms with van der Waals surface area (Å²) in [5, 5.41) is 3.19. The second-order valence-corrected chi connectivity index (χ2v) is 9.45. The van der Waals surface area contributed by atoms with Crippen molar-refractivity contribution in [1.82, 2.24) is 4.31 Å². The lowest BCUT2D eigenvalue weighted by Crippen LogP contribution is -2.44. The van der Waals surface area contributed by atoms with Crippen LogP contribution < -0.4 is 5.32 Å². The third-order valence-electron chi connectivity index (χ3n) is 4.61. The van der Waals surface area contributed by atoms with Crippen LogP contribution in [0.2, 0.25) is 10.0 Å². The number of sulfonamides is 1. The molecular formula is C19H19Cl2FN2O3S. The molecule has 1 fully saturated rings. The van der Waals surface area contributed by atoms with Crippen molar-refractivity contribution in [2.45, 2.75) is 18.6 Å². The van der Waals surface area contributed by atoms with Crippen LogP contribution in [0, 0.1) is 11.7 Å². The lowest BCUT2D eigenvalue weighted by Gasteiger charge is -2.31. The van der Waals surface area contributed by atoms with E-state index in [2.05, 4.69) is 5.32 Å². The summed E-state index contributed by atoms with van der Waals surface area (Å²) in [6.07, 6.45) is 1.09. The van der Waals surface area contributed by atoms with Crippen molar-refractivity contribution < 1.29 is 17.6 Å². The molecule has 1 saturated heterocycles. The van der Waals surface area contributed by atoms with Crippen LogP contribution in [0.1, 0.15) is 18.4 Å². The maximum Gasteiger partial charge on any atom is 0.228 e. The minimum atomic E-state index is -3.64. The van der Waals surface area contributed by atoms with Gasteiger partial charge in [0.1, 0.15) is 5.82 Å². The second-order valence-electron chi connectivity index (χ2n) is 6.67. The quantitative estimate of drug-likeness (QED) is 0.746. The number of halogens is 3. The van der Waals surface area contributed by atoms with Gasteiger partial charge in [-0.3, -0.25) is 4.79 Å². The summed E-state index contributed by atoms with van der Waals surface area (Å²) in [6, 6.07) is 10.6. The van der Waals surface area contributed by atoms with Gasteiger partial charge in [0.05, 0.1) is 27.4 Å². The molecule has 3 rings (SSSR count). The van der Waals surface area contributed by atoms with Crippen LogP contribution in [0.25, 0.3) is 0 Å². The van der Waals surface area contributed by atoms with Crippen molar-refractivity contribution in [2.24, 2.45) is 5.92 Å². The van der Waals surface area contributed by atoms with E-state index in [1.165, 1.54) is 28.6 Å². The molecule has 28 heavy (non-hydrogen) atoms. The fourth-order valence-electron chi connectivity index (χ4n) is 3.14. The first-order chi connectivity index (χ1) is 13.3. The van der Waals surface area contributed by atoms with Gasteiger partial charge in [-0.25, -0.2) is 17.1 Å². The zero-order valence-electron chi connectivity index (χ0n) is 14.9. The number of anilines is 1. The number of piperidine rings is 1. The molecule has 5 nitrogen and oxygen atoms in total. The van der Waals surface area contributed by atoms with E-state index in [0.717, 1.165) is 0 Å². The van der Waals surface area contributed by atoms with E-state index in [4.69, 9.17) is 23.2 Å². The first-order valence-electron chi connectivity index (χ1n) is 8.73. The van der Waals surface area contributed by atoms with Crippen LogP contribution in [0.15, 0.2) is 42.5 Å². The van der Waals surface area contributed by atoms with E-state index in [-0.39, 0.29) is 28.9 Å². The number of nitrogens with zero attached hydrogens (tertiary/aromatic N) is 1. The van der Waals surface area contributed by atoms with Gasteiger partial charge >= 0.3 is 0 Å². The van der Waals surface area contributed by atoms with Crippen molar-refractivity contribution in [3.05, 3.63) is 63.9 Å². The maximum absolute atomic E-state index is 13.7. The fourth-order valence-corrected chi connectivity index (χ4v) is 5.06. The van der Waals surface area contributed by atoms with E-state index in [1.807, 2.05) is 0 Å². The van der Waals surface area contributed by atoms with Gasteiger partial charge in [-0.15, -0.1) is 0 Å². The minimum Gasteiger partial charge on any atom is -0.323 e. The molecule has 0 spiro atoms. The highest BCUT2D eigenvalue weighted by molar-refractivity contribution is 7.88. The number of hydrogen-bond acceptors (Lipinski definition) is 3. The molecule has 2 aromatic rings. The van der Waals surface area contributed by atoms with Crippen LogP contribution >= 0.6 is 23.2 Å². The smallest absolute Gasteiger partial charge is 0.228 e. The molecular weight excluding hydrogens is 426 g/mol. The van der Waals surface area contributed by atoms with Crippen LogP contribution in [0.3, 0.4) is 0 Å². The van der Waals surface area contributed by atoms with Crippen molar-refractivity contribution in [3.8, 4) is 0 Å². The highest BCUT2D eigenvalue weighted by Crippen LogP contribution is 2.26. The summed E-state index contributed by atoms with van der Waals surface area (Å²) in [7, 11) is -3.64. The summed E-state index contributed by atoms with van der Waals surface area (Å²) in [5.41, 5.74) is 0.607. The first kappa shape index (κ1) is 21.0. The zero-order chi connectivity index (χ0) is 20.3. The molecule has 0 unspecified atom stereocenters. The Labute approximate surface area is 173 Å². The van der Waals surface area contributed by atoms with Crippen LogP contribution in [0.5, 0.6) is 0 Å². The first-order valence-corrected chi connectivity index (χ1v) is 11.1. The number of hydrogen-bond donors (Lipinski definition) is 1. The SMILES string of the molecule is O=C(Nc1ccccc1F)[C@@H]1CCCN(S(=O)(=O)Cc2ccc(Cl)c(Cl)c2)C1. The lowest BCUT2D eigenvalue weighted by atomic mass is 9.98. The van der Waals surface area contributed by atoms with Crippen molar-refractivity contribution >= 4 is 44.8 Å². The largest absolute Gasteiger partial charge is 0.323 e. The summed E-state index contributed by atoms with van der Waals surface area (Å²) in [6.45, 7) is 0.400. The molecule has 1 heterocycles. The van der Waals surface area contributed by atoms with Gasteiger partial charge in [-0.2, -0.15) is 0 Å². The Morgan fingerprint density at radius 3 is 2.64 bits per heavy atom. The molecule has 0 aromatic heterocycles. The number of carbonyl (C=O) groups excluding carboxylic acids is 1. The van der Waals surface area contributed by atoms with Gasteiger partial charge in [-0.1, -0.05) is 41.4 Å². The van der Waals surface area contributed by atoms with E-state index in [0.29, 0.717) is 30.0 Å². The molecule has 150 valence electrons. The Bertz CT molecular complexity index is 985. The topological polar surface area (TPSA) is 66.5 Å². The summed E-state index contributed by atoms with van der Waals surface area (Å²) in [4.78, 5) is 12.5. The van der Waals surface area contributed by atoms with E-state index in [9.17, 15) is 17.6 Å². The number of nitrogens with one attached hydrogen (secondary N) is 1. The molecule has 1 atom stereocenters.